The number of benzene rings is 1. The Kier molecular flexibility index (Phi) is 8.83. The van der Waals surface area contributed by atoms with Crippen LogP contribution in [0.5, 0.6) is 0 Å². The fourth-order valence-corrected chi connectivity index (χ4v) is 2.33. The third-order valence-electron chi connectivity index (χ3n) is 3.70. The van der Waals surface area contributed by atoms with E-state index < -0.39 is 17.9 Å². The molecular weight excluding hydrogens is 340 g/mol. The van der Waals surface area contributed by atoms with Crippen LogP contribution in [0.1, 0.15) is 45.4 Å². The minimum absolute atomic E-state index is 0.0632. The first-order valence-electron chi connectivity index (χ1n) is 8.50. The Labute approximate surface area is 151 Å². The van der Waals surface area contributed by atoms with Crippen LogP contribution < -0.4 is 10.4 Å². The zero-order chi connectivity index (χ0) is 19.5. The Morgan fingerprint density at radius 2 is 1.62 bits per heavy atom. The molecule has 1 heterocycles. The lowest BCUT2D eigenvalue weighted by Crippen LogP contribution is -2.35. The van der Waals surface area contributed by atoms with Gasteiger partial charge in [0, 0.05) is 12.8 Å². The van der Waals surface area contributed by atoms with E-state index in [2.05, 4.69) is 5.43 Å². The van der Waals surface area contributed by atoms with Crippen molar-refractivity contribution in [1.82, 2.24) is 5.43 Å². The Bertz CT molecular complexity index is 618. The molecule has 0 bridgehead atoms. The summed E-state index contributed by atoms with van der Waals surface area (Å²) in [4.78, 5) is 43.3. The number of unbranched alkanes of at least 4 members (excludes halogenated alkanes) is 1. The third-order valence-corrected chi connectivity index (χ3v) is 3.70. The smallest absolute Gasteiger partial charge is 0.303 e. The van der Waals surface area contributed by atoms with E-state index in [9.17, 15) is 19.2 Å². The number of nitrogens with one attached hydrogen (secondary N) is 1. The van der Waals surface area contributed by atoms with Crippen LogP contribution in [-0.4, -0.2) is 34.0 Å². The van der Waals surface area contributed by atoms with Gasteiger partial charge in [-0.2, -0.15) is 0 Å². The molecule has 0 aliphatic carbocycles. The number of amides is 2. The van der Waals surface area contributed by atoms with Gasteiger partial charge >= 0.3 is 11.9 Å². The van der Waals surface area contributed by atoms with E-state index in [1.807, 2.05) is 25.1 Å². The van der Waals surface area contributed by atoms with Gasteiger partial charge < -0.3 is 10.2 Å². The number of carboxylic acids is 2. The highest BCUT2D eigenvalue weighted by atomic mass is 16.4. The first-order chi connectivity index (χ1) is 12.4. The van der Waals surface area contributed by atoms with E-state index in [-0.39, 0.29) is 31.1 Å². The van der Waals surface area contributed by atoms with Crippen LogP contribution in [0.4, 0.5) is 5.69 Å². The maximum Gasteiger partial charge on any atom is 0.303 e. The van der Waals surface area contributed by atoms with Crippen LogP contribution >= 0.6 is 0 Å². The standard InChI is InChI=1S/C13H16N2O2.C5H8O4/c1-2-3-9-11-12(16)14-15(13(11)17)10-7-5-4-6-8-10;6-4(7)2-1-3-5(8)9/h4-8,11H,2-3,9H2,1H3,(H,14,16);1-3H2,(H,6,7)(H,8,9). The van der Waals surface area contributed by atoms with Gasteiger partial charge in [-0.3, -0.25) is 24.6 Å². The molecule has 8 heteroatoms. The maximum atomic E-state index is 12.1. The van der Waals surface area contributed by atoms with Crippen LogP contribution in [0.3, 0.4) is 0 Å². The van der Waals surface area contributed by atoms with Crippen molar-refractivity contribution in [3.05, 3.63) is 30.3 Å². The highest BCUT2D eigenvalue weighted by Gasteiger charge is 2.39. The van der Waals surface area contributed by atoms with Crippen molar-refractivity contribution in [3.8, 4) is 0 Å². The second-order valence-electron chi connectivity index (χ2n) is 5.82. The molecule has 0 aromatic heterocycles. The summed E-state index contributed by atoms with van der Waals surface area (Å²) in [6.07, 6.45) is 2.60. The number of hydrazine groups is 1. The van der Waals surface area contributed by atoms with Crippen LogP contribution in [0.2, 0.25) is 0 Å². The summed E-state index contributed by atoms with van der Waals surface area (Å²) < 4.78 is 0. The summed E-state index contributed by atoms with van der Waals surface area (Å²) in [5.41, 5.74) is 3.34. The van der Waals surface area contributed by atoms with Crippen molar-refractivity contribution in [3.63, 3.8) is 0 Å². The molecule has 2 amide bonds. The molecule has 1 saturated heterocycles. The van der Waals surface area contributed by atoms with E-state index in [1.54, 1.807) is 12.1 Å². The zero-order valence-electron chi connectivity index (χ0n) is 14.7. The molecule has 2 rings (SSSR count). The molecule has 1 aromatic carbocycles. The SMILES string of the molecule is CCCCC1C(=O)NN(c2ccccc2)C1=O.O=C(O)CCCC(=O)O. The lowest BCUT2D eigenvalue weighted by molar-refractivity contribution is -0.138. The normalized spacial score (nSPS) is 15.9. The highest BCUT2D eigenvalue weighted by molar-refractivity contribution is 6.14. The number of nitrogens with zero attached hydrogens (tertiary/aromatic N) is 1. The molecule has 0 radical (unpaired) electrons. The van der Waals surface area contributed by atoms with Gasteiger partial charge in [0.1, 0.15) is 5.92 Å². The molecule has 1 aliphatic rings. The second-order valence-corrected chi connectivity index (χ2v) is 5.82. The monoisotopic (exact) mass is 364 g/mol. The number of hydrogen-bond donors (Lipinski definition) is 3. The summed E-state index contributed by atoms with van der Waals surface area (Å²) in [5, 5.41) is 17.4. The van der Waals surface area contributed by atoms with Gasteiger partial charge in [0.2, 0.25) is 0 Å². The summed E-state index contributed by atoms with van der Waals surface area (Å²) >= 11 is 0. The van der Waals surface area contributed by atoms with Crippen molar-refractivity contribution in [2.24, 2.45) is 5.92 Å². The molecule has 1 aromatic rings. The fourth-order valence-electron chi connectivity index (χ4n) is 2.33. The van der Waals surface area contributed by atoms with Crippen LogP contribution in [0.25, 0.3) is 0 Å². The summed E-state index contributed by atoms with van der Waals surface area (Å²) in [6.45, 7) is 2.05. The molecule has 3 N–H and O–H groups in total. The van der Waals surface area contributed by atoms with E-state index in [1.165, 1.54) is 5.01 Å². The quantitative estimate of drug-likeness (QED) is 0.608. The fraction of sp³-hybridized carbons (Fsp3) is 0.444. The first-order valence-corrected chi connectivity index (χ1v) is 8.50. The summed E-state index contributed by atoms with van der Waals surface area (Å²) in [7, 11) is 0. The van der Waals surface area contributed by atoms with Crippen molar-refractivity contribution in [2.45, 2.75) is 45.4 Å². The number of carbonyl (C=O) groups excluding carboxylic acids is 2. The predicted octanol–water partition coefficient (Wildman–Crippen LogP) is 2.20. The van der Waals surface area contributed by atoms with Gasteiger partial charge in [-0.1, -0.05) is 38.0 Å². The Hall–Kier alpha value is -2.90. The van der Waals surface area contributed by atoms with Crippen molar-refractivity contribution < 1.29 is 29.4 Å². The van der Waals surface area contributed by atoms with Crippen molar-refractivity contribution in [1.29, 1.82) is 0 Å². The van der Waals surface area contributed by atoms with Gasteiger partial charge in [-0.25, -0.2) is 5.01 Å². The van der Waals surface area contributed by atoms with Crippen LogP contribution in [0.15, 0.2) is 30.3 Å². The molecule has 26 heavy (non-hydrogen) atoms. The number of carboxylic acid groups (broad SMARTS) is 2. The Morgan fingerprint density at radius 3 is 2.12 bits per heavy atom. The number of hydrogen-bond acceptors (Lipinski definition) is 4. The largest absolute Gasteiger partial charge is 0.481 e. The number of para-hydroxylation sites is 1. The minimum atomic E-state index is -0.948. The lowest BCUT2D eigenvalue weighted by atomic mass is 10.0. The van der Waals surface area contributed by atoms with E-state index in [0.717, 1.165) is 12.8 Å². The molecule has 0 spiro atoms. The molecular formula is C18H24N2O6. The van der Waals surface area contributed by atoms with Crippen molar-refractivity contribution in [2.75, 3.05) is 5.01 Å². The lowest BCUT2D eigenvalue weighted by Gasteiger charge is -2.14. The van der Waals surface area contributed by atoms with Crippen molar-refractivity contribution >= 4 is 29.4 Å². The van der Waals surface area contributed by atoms with E-state index >= 15 is 0 Å². The molecule has 1 fully saturated rings. The number of anilines is 1. The number of aliphatic carboxylic acids is 2. The van der Waals surface area contributed by atoms with Gasteiger partial charge in [0.05, 0.1) is 5.69 Å². The third kappa shape index (κ3) is 6.92. The van der Waals surface area contributed by atoms with E-state index in [4.69, 9.17) is 10.2 Å². The molecule has 1 atom stereocenters. The van der Waals surface area contributed by atoms with Gasteiger partial charge in [-0.15, -0.1) is 0 Å². The van der Waals surface area contributed by atoms with Gasteiger partial charge in [0.15, 0.2) is 0 Å². The minimum Gasteiger partial charge on any atom is -0.481 e. The highest BCUT2D eigenvalue weighted by Crippen LogP contribution is 2.22. The topological polar surface area (TPSA) is 124 Å². The maximum absolute atomic E-state index is 12.1. The predicted molar refractivity (Wildman–Crippen MR) is 94.2 cm³/mol. The molecule has 8 nitrogen and oxygen atoms in total. The van der Waals surface area contributed by atoms with Gasteiger partial charge in [0.25, 0.3) is 11.8 Å². The average molecular weight is 364 g/mol. The van der Waals surface area contributed by atoms with Gasteiger partial charge in [-0.05, 0) is 25.0 Å². The van der Waals surface area contributed by atoms with Crippen LogP contribution in [-0.2, 0) is 19.2 Å². The molecule has 142 valence electrons. The molecule has 0 saturated carbocycles. The number of rotatable bonds is 8. The second kappa shape index (κ2) is 10.9. The Morgan fingerprint density at radius 1 is 1.04 bits per heavy atom. The van der Waals surface area contributed by atoms with E-state index in [0.29, 0.717) is 12.1 Å². The summed E-state index contributed by atoms with van der Waals surface area (Å²) in [6, 6.07) is 9.17. The first kappa shape index (κ1) is 21.1. The zero-order valence-corrected chi connectivity index (χ0v) is 14.7. The Balaban J connectivity index is 0.000000321. The number of carbonyl (C=O) groups is 4. The molecule has 1 aliphatic heterocycles. The molecule has 1 unspecified atom stereocenters. The summed E-state index contributed by atoms with van der Waals surface area (Å²) in [5.74, 6) is -2.75. The van der Waals surface area contributed by atoms with Crippen LogP contribution in [0, 0.1) is 5.92 Å². The average Bonchev–Trinajstić information content (AvgIpc) is 2.88.